The first-order valence-corrected chi connectivity index (χ1v) is 8.28. The molecule has 0 aromatic carbocycles. The summed E-state index contributed by atoms with van der Waals surface area (Å²) in [6.07, 6.45) is 11.6. The van der Waals surface area contributed by atoms with Crippen molar-refractivity contribution >= 4 is 0 Å². The van der Waals surface area contributed by atoms with Crippen LogP contribution in [0.2, 0.25) is 0 Å². The van der Waals surface area contributed by atoms with Crippen LogP contribution < -0.4 is 5.32 Å². The van der Waals surface area contributed by atoms with Gasteiger partial charge in [-0.3, -0.25) is 0 Å². The number of nitrogens with one attached hydrogen (secondary N) is 1. The largest absolute Gasteiger partial charge is 0.314 e. The number of piperidine rings is 1. The maximum atomic E-state index is 3.65. The second-order valence-corrected chi connectivity index (χ2v) is 6.42. The Balaban J connectivity index is 1.82. The maximum absolute atomic E-state index is 3.65. The van der Waals surface area contributed by atoms with E-state index < -0.39 is 0 Å². The van der Waals surface area contributed by atoms with Gasteiger partial charge in [0.2, 0.25) is 0 Å². The molecular weight excluding hydrogens is 220 g/mol. The first-order valence-electron chi connectivity index (χ1n) is 8.28. The summed E-state index contributed by atoms with van der Waals surface area (Å²) in [6.45, 7) is 8.43. The molecule has 1 saturated carbocycles. The summed E-state index contributed by atoms with van der Waals surface area (Å²) in [4.78, 5) is 2.81. The normalized spacial score (nSPS) is 33.0. The van der Waals surface area contributed by atoms with E-state index in [-0.39, 0.29) is 0 Å². The van der Waals surface area contributed by atoms with Crippen molar-refractivity contribution < 1.29 is 0 Å². The second-order valence-electron chi connectivity index (χ2n) is 6.42. The van der Waals surface area contributed by atoms with Crippen LogP contribution in [0.4, 0.5) is 0 Å². The Morgan fingerprint density at radius 2 is 1.67 bits per heavy atom. The van der Waals surface area contributed by atoms with E-state index in [1.54, 1.807) is 0 Å². The molecule has 1 heterocycles. The van der Waals surface area contributed by atoms with Gasteiger partial charge in [-0.05, 0) is 38.3 Å². The average Bonchev–Trinajstić information content (AvgIpc) is 2.32. The van der Waals surface area contributed by atoms with Crippen LogP contribution in [0.25, 0.3) is 0 Å². The molecule has 18 heavy (non-hydrogen) atoms. The van der Waals surface area contributed by atoms with Crippen LogP contribution in [-0.2, 0) is 0 Å². The molecule has 0 aromatic rings. The summed E-state index contributed by atoms with van der Waals surface area (Å²) < 4.78 is 0. The van der Waals surface area contributed by atoms with Crippen molar-refractivity contribution in [1.82, 2.24) is 10.2 Å². The Labute approximate surface area is 114 Å². The summed E-state index contributed by atoms with van der Waals surface area (Å²) in [5, 5.41) is 3.65. The number of hydrogen-bond acceptors (Lipinski definition) is 2. The van der Waals surface area contributed by atoms with Crippen molar-refractivity contribution in [3.05, 3.63) is 0 Å². The molecule has 2 heteroatoms. The molecule has 1 saturated heterocycles. The molecule has 2 nitrogen and oxygen atoms in total. The minimum absolute atomic E-state index is 0.764. The zero-order chi connectivity index (χ0) is 12.8. The minimum Gasteiger partial charge on any atom is -0.314 e. The van der Waals surface area contributed by atoms with Gasteiger partial charge < -0.3 is 10.2 Å². The standard InChI is InChI=1S/C16H32N2/c1-3-17-16-11-12-18(13-14(16)2)15-9-7-5-4-6-8-10-15/h14-17H,3-13H2,1-2H3. The predicted molar refractivity (Wildman–Crippen MR) is 78.9 cm³/mol. The van der Waals surface area contributed by atoms with Crippen LogP contribution in [0.3, 0.4) is 0 Å². The first-order chi connectivity index (χ1) is 8.81. The van der Waals surface area contributed by atoms with Gasteiger partial charge in [0, 0.05) is 18.6 Å². The Bertz CT molecular complexity index is 221. The Morgan fingerprint density at radius 3 is 2.28 bits per heavy atom. The Morgan fingerprint density at radius 1 is 1.00 bits per heavy atom. The van der Waals surface area contributed by atoms with Crippen LogP contribution in [0.15, 0.2) is 0 Å². The molecule has 2 atom stereocenters. The topological polar surface area (TPSA) is 15.3 Å². The minimum atomic E-state index is 0.764. The van der Waals surface area contributed by atoms with Gasteiger partial charge in [-0.15, -0.1) is 0 Å². The van der Waals surface area contributed by atoms with E-state index >= 15 is 0 Å². The van der Waals surface area contributed by atoms with Crippen molar-refractivity contribution in [3.8, 4) is 0 Å². The highest BCUT2D eigenvalue weighted by Gasteiger charge is 2.29. The molecule has 2 unspecified atom stereocenters. The second kappa shape index (κ2) is 7.49. The average molecular weight is 252 g/mol. The molecule has 106 valence electrons. The molecule has 0 spiro atoms. The van der Waals surface area contributed by atoms with Gasteiger partial charge in [-0.2, -0.15) is 0 Å². The van der Waals surface area contributed by atoms with E-state index in [0.29, 0.717) is 0 Å². The van der Waals surface area contributed by atoms with Gasteiger partial charge in [0.25, 0.3) is 0 Å². The van der Waals surface area contributed by atoms with E-state index in [1.165, 1.54) is 64.5 Å². The molecule has 1 aliphatic carbocycles. The van der Waals surface area contributed by atoms with Gasteiger partial charge in [-0.1, -0.05) is 46.0 Å². The van der Waals surface area contributed by atoms with Crippen molar-refractivity contribution in [2.45, 2.75) is 77.3 Å². The molecule has 1 N–H and O–H groups in total. The summed E-state index contributed by atoms with van der Waals surface area (Å²) in [5.41, 5.74) is 0. The highest BCUT2D eigenvalue weighted by atomic mass is 15.2. The summed E-state index contributed by atoms with van der Waals surface area (Å²) in [7, 11) is 0. The fraction of sp³-hybridized carbons (Fsp3) is 1.00. The van der Waals surface area contributed by atoms with Crippen molar-refractivity contribution in [1.29, 1.82) is 0 Å². The third-order valence-corrected chi connectivity index (χ3v) is 4.99. The third kappa shape index (κ3) is 3.96. The van der Waals surface area contributed by atoms with Crippen LogP contribution in [-0.4, -0.2) is 36.6 Å². The monoisotopic (exact) mass is 252 g/mol. The number of rotatable bonds is 3. The Kier molecular flexibility index (Phi) is 5.97. The molecule has 0 aromatic heterocycles. The number of likely N-dealkylation sites (tertiary alicyclic amines) is 1. The molecule has 1 aliphatic heterocycles. The Hall–Kier alpha value is -0.0800. The van der Waals surface area contributed by atoms with Gasteiger partial charge in [0.05, 0.1) is 0 Å². The molecular formula is C16H32N2. The highest BCUT2D eigenvalue weighted by Crippen LogP contribution is 2.26. The maximum Gasteiger partial charge on any atom is 0.0117 e. The molecule has 0 amide bonds. The smallest absolute Gasteiger partial charge is 0.0117 e. The van der Waals surface area contributed by atoms with Crippen molar-refractivity contribution in [2.75, 3.05) is 19.6 Å². The summed E-state index contributed by atoms with van der Waals surface area (Å²) in [6, 6.07) is 1.66. The lowest BCUT2D eigenvalue weighted by atomic mass is 9.89. The van der Waals surface area contributed by atoms with E-state index in [1.807, 2.05) is 0 Å². The highest BCUT2D eigenvalue weighted by molar-refractivity contribution is 4.86. The zero-order valence-electron chi connectivity index (χ0n) is 12.5. The van der Waals surface area contributed by atoms with E-state index in [2.05, 4.69) is 24.1 Å². The van der Waals surface area contributed by atoms with Crippen LogP contribution in [0.5, 0.6) is 0 Å². The van der Waals surface area contributed by atoms with Gasteiger partial charge in [0.1, 0.15) is 0 Å². The van der Waals surface area contributed by atoms with Gasteiger partial charge in [0.15, 0.2) is 0 Å². The molecule has 2 fully saturated rings. The summed E-state index contributed by atoms with van der Waals surface area (Å²) in [5.74, 6) is 0.823. The molecule has 0 radical (unpaired) electrons. The molecule has 2 rings (SSSR count). The van der Waals surface area contributed by atoms with Crippen LogP contribution in [0.1, 0.15) is 65.2 Å². The molecule has 0 bridgehead atoms. The number of hydrogen-bond donors (Lipinski definition) is 1. The molecule has 2 aliphatic rings. The predicted octanol–water partition coefficient (Wildman–Crippen LogP) is 3.42. The van der Waals surface area contributed by atoms with Crippen LogP contribution >= 0.6 is 0 Å². The fourth-order valence-electron chi connectivity index (χ4n) is 3.87. The number of nitrogens with zero attached hydrogens (tertiary/aromatic N) is 1. The fourth-order valence-corrected chi connectivity index (χ4v) is 3.87. The van der Waals surface area contributed by atoms with E-state index in [4.69, 9.17) is 0 Å². The first kappa shape index (κ1) is 14.3. The zero-order valence-corrected chi connectivity index (χ0v) is 12.5. The van der Waals surface area contributed by atoms with Crippen LogP contribution in [0, 0.1) is 5.92 Å². The van der Waals surface area contributed by atoms with E-state index in [0.717, 1.165) is 24.5 Å². The lowest BCUT2D eigenvalue weighted by Gasteiger charge is -2.42. The van der Waals surface area contributed by atoms with Crippen molar-refractivity contribution in [3.63, 3.8) is 0 Å². The van der Waals surface area contributed by atoms with Gasteiger partial charge >= 0.3 is 0 Å². The summed E-state index contributed by atoms with van der Waals surface area (Å²) >= 11 is 0. The van der Waals surface area contributed by atoms with Crippen molar-refractivity contribution in [2.24, 2.45) is 5.92 Å². The lowest BCUT2D eigenvalue weighted by molar-refractivity contribution is 0.0897. The SMILES string of the molecule is CCNC1CCN(C2CCCCCCC2)CC1C. The van der Waals surface area contributed by atoms with E-state index in [9.17, 15) is 0 Å². The lowest BCUT2D eigenvalue weighted by Crippen LogP contribution is -2.51. The van der Waals surface area contributed by atoms with Gasteiger partial charge in [-0.25, -0.2) is 0 Å². The quantitative estimate of drug-likeness (QED) is 0.828. The third-order valence-electron chi connectivity index (χ3n) is 4.99.